The second kappa shape index (κ2) is 13.3. The highest BCUT2D eigenvalue weighted by Gasteiger charge is 2.97. The van der Waals surface area contributed by atoms with E-state index in [4.69, 9.17) is 9.66 Å². The summed E-state index contributed by atoms with van der Waals surface area (Å²) >= 11 is 0. The zero-order valence-corrected chi connectivity index (χ0v) is 24.3. The van der Waals surface area contributed by atoms with Crippen molar-refractivity contribution in [3.63, 3.8) is 0 Å². The predicted octanol–water partition coefficient (Wildman–Crippen LogP) is 4.61. The number of nitrogens with one attached hydrogen (secondary N) is 1. The lowest BCUT2D eigenvalue weighted by atomic mass is 9.89. The third-order valence-corrected chi connectivity index (χ3v) is 8.65. The summed E-state index contributed by atoms with van der Waals surface area (Å²) in [5.41, 5.74) is 0. The molecule has 0 aliphatic rings. The van der Waals surface area contributed by atoms with Gasteiger partial charge in [0.05, 0.1) is 32.5 Å². The van der Waals surface area contributed by atoms with Crippen LogP contribution >= 0.6 is 0 Å². The van der Waals surface area contributed by atoms with Gasteiger partial charge < -0.3 is 9.59 Å². The molecule has 47 heavy (non-hydrogen) atoms. The van der Waals surface area contributed by atoms with Crippen LogP contribution in [0.25, 0.3) is 0 Å². The van der Waals surface area contributed by atoms with Crippen molar-refractivity contribution in [2.24, 2.45) is 0 Å². The van der Waals surface area contributed by atoms with Gasteiger partial charge in [-0.25, -0.2) is 13.1 Å². The average molecular weight is 787 g/mol. The molecule has 0 aliphatic heterocycles. The second-order valence-electron chi connectivity index (χ2n) is 9.94. The summed E-state index contributed by atoms with van der Waals surface area (Å²) in [4.78, 5) is 0. The van der Waals surface area contributed by atoms with Gasteiger partial charge in [-0.2, -0.15) is 91.8 Å². The number of likely N-dealkylation sites (N-methyl/N-ethyl adjacent to an activating group) is 1. The summed E-state index contributed by atoms with van der Waals surface area (Å²) in [6, 6.07) is 0. The number of hydrogen-bond acceptors (Lipinski definition) is 5. The van der Waals surface area contributed by atoms with Crippen molar-refractivity contribution in [1.82, 2.24) is 4.72 Å². The molecule has 0 aromatic rings. The fourth-order valence-electron chi connectivity index (χ4n) is 3.48. The van der Waals surface area contributed by atoms with E-state index in [1.54, 1.807) is 0 Å². The molecule has 0 bridgehead atoms. The largest absolute Gasteiger partial charge is 0.460 e. The van der Waals surface area contributed by atoms with E-state index in [2.05, 4.69) is 0 Å². The van der Waals surface area contributed by atoms with E-state index in [0.29, 0.717) is 4.72 Å². The van der Waals surface area contributed by atoms with Gasteiger partial charge in [0.2, 0.25) is 0 Å². The van der Waals surface area contributed by atoms with E-state index in [-0.39, 0.29) is 19.5 Å². The third kappa shape index (κ3) is 7.92. The Kier molecular flexibility index (Phi) is 12.8. The Labute approximate surface area is 251 Å². The van der Waals surface area contributed by atoms with Crippen molar-refractivity contribution in [2.75, 3.05) is 45.6 Å². The van der Waals surface area contributed by atoms with E-state index in [0.717, 1.165) is 0 Å². The number of quaternary nitrogens is 1. The first-order valence-electron chi connectivity index (χ1n) is 11.7. The zero-order chi connectivity index (χ0) is 38.4. The van der Waals surface area contributed by atoms with E-state index in [1.807, 2.05) is 0 Å². The molecule has 29 heteroatoms. The minimum atomic E-state index is -9.19. The maximum Gasteiger partial charge on any atom is 0.460 e. The van der Waals surface area contributed by atoms with Crippen LogP contribution in [0.4, 0.5) is 83.4 Å². The van der Waals surface area contributed by atoms with Crippen LogP contribution in [0.3, 0.4) is 0 Å². The number of aliphatic hydroxyl groups excluding tert-OH is 1. The summed E-state index contributed by atoms with van der Waals surface area (Å²) in [5, 5.41) is 1.28. The van der Waals surface area contributed by atoms with Gasteiger partial charge in [0.15, 0.2) is 0 Å². The van der Waals surface area contributed by atoms with Gasteiger partial charge in [-0.3, -0.25) is 4.55 Å². The molecule has 0 fully saturated rings. The molecule has 0 amide bonds. The van der Waals surface area contributed by atoms with Gasteiger partial charge in [-0.15, -0.1) is 0 Å². The van der Waals surface area contributed by atoms with Crippen LogP contribution in [0.5, 0.6) is 0 Å². The molecule has 1 unspecified atom stereocenters. The topological polar surface area (TPSA) is 121 Å². The van der Waals surface area contributed by atoms with Crippen LogP contribution in [0.2, 0.25) is 0 Å². The van der Waals surface area contributed by atoms with E-state index in [9.17, 15) is 100 Å². The molecule has 0 aliphatic carbocycles. The molecule has 8 nitrogen and oxygen atoms in total. The van der Waals surface area contributed by atoms with Crippen molar-refractivity contribution in [1.29, 1.82) is 0 Å². The van der Waals surface area contributed by atoms with Gasteiger partial charge in [-0.1, -0.05) is 0 Å². The van der Waals surface area contributed by atoms with Crippen LogP contribution in [0.15, 0.2) is 0 Å². The first-order chi connectivity index (χ1) is 20.2. The average Bonchev–Trinajstić information content (AvgIpc) is 2.84. The molecule has 1 atom stereocenters. The standard InChI is InChI=1S/C18H21F19N2O6S2/c1-39(7-8-40,6-3-9-46(41,42)43)5-2-4-38-47(44,45)18(36,37)16(31,32)14(27,28)12(23,24)10(19,20)11(21,22)13(25,26)15(29,30)17(33,34)35/h38,40H,2-9H2,1H3/p+1. The first kappa shape index (κ1) is 45.4. The molecule has 284 valence electrons. The van der Waals surface area contributed by atoms with Crippen molar-refractivity contribution in [2.45, 2.75) is 65.7 Å². The SMILES string of the molecule is C[N+](CCO)(CCCNS(=O)(=O)C(F)(F)C(F)(F)C(F)(F)C(F)(F)C(F)(F)C(F)(F)C(F)(F)C(F)(F)C(F)(F)F)CCCS(=O)(=O)O. The second-order valence-corrected chi connectivity index (χ2v) is 13.3. The minimum Gasteiger partial charge on any atom is -0.391 e. The number of nitrogens with zero attached hydrogens (tertiary/aromatic N) is 1. The van der Waals surface area contributed by atoms with Gasteiger partial charge >= 0.3 is 52.9 Å². The predicted molar refractivity (Wildman–Crippen MR) is 116 cm³/mol. The fourth-order valence-corrected chi connectivity index (χ4v) is 5.03. The Morgan fingerprint density at radius 3 is 1.23 bits per heavy atom. The molecule has 0 aromatic carbocycles. The smallest absolute Gasteiger partial charge is 0.391 e. The van der Waals surface area contributed by atoms with Gasteiger partial charge in [-0.05, 0) is 0 Å². The maximum atomic E-state index is 14.1. The lowest BCUT2D eigenvalue weighted by Gasteiger charge is -2.43. The molecule has 0 rings (SSSR count). The van der Waals surface area contributed by atoms with Crippen molar-refractivity contribution >= 4 is 20.1 Å². The number of sulfonamides is 1. The van der Waals surface area contributed by atoms with Crippen molar-refractivity contribution in [3.05, 3.63) is 0 Å². The summed E-state index contributed by atoms with van der Waals surface area (Å²) in [5.74, 6) is -63.2. The van der Waals surface area contributed by atoms with Crippen LogP contribution < -0.4 is 4.72 Å². The molecule has 0 saturated heterocycles. The Hall–Kier alpha value is -1.59. The van der Waals surface area contributed by atoms with Crippen molar-refractivity contribution < 1.29 is 114 Å². The molecule has 0 spiro atoms. The first-order valence-corrected chi connectivity index (χ1v) is 14.8. The lowest BCUT2D eigenvalue weighted by molar-refractivity contribution is -0.909. The Morgan fingerprint density at radius 2 is 0.894 bits per heavy atom. The lowest BCUT2D eigenvalue weighted by Crippen LogP contribution is -2.76. The molecule has 0 saturated carbocycles. The highest BCUT2D eigenvalue weighted by molar-refractivity contribution is 7.90. The van der Waals surface area contributed by atoms with Crippen LogP contribution in [0, 0.1) is 0 Å². The van der Waals surface area contributed by atoms with E-state index >= 15 is 0 Å². The summed E-state index contributed by atoms with van der Waals surface area (Å²) < 4.78 is 309. The highest BCUT2D eigenvalue weighted by atomic mass is 32.2. The highest BCUT2D eigenvalue weighted by Crippen LogP contribution is 2.65. The monoisotopic (exact) mass is 787 g/mol. The zero-order valence-electron chi connectivity index (χ0n) is 22.6. The van der Waals surface area contributed by atoms with E-state index < -0.39 is 109 Å². The minimum absolute atomic E-state index is 0.296. The molecular formula is C18H22F19N2O6S2+. The maximum absolute atomic E-state index is 14.1. The van der Waals surface area contributed by atoms with Gasteiger partial charge in [0, 0.05) is 19.4 Å². The quantitative estimate of drug-likeness (QED) is 0.0762. The van der Waals surface area contributed by atoms with Crippen LogP contribution in [-0.2, 0) is 20.1 Å². The molecular weight excluding hydrogens is 765 g/mol. The van der Waals surface area contributed by atoms with Crippen LogP contribution in [-0.4, -0.2) is 129 Å². The Balaban J connectivity index is 6.42. The molecule has 3 N–H and O–H groups in total. The summed E-state index contributed by atoms with van der Waals surface area (Å²) in [7, 11) is -10.9. The summed E-state index contributed by atoms with van der Waals surface area (Å²) in [6.07, 6.45) is -9.26. The number of halogens is 19. The number of hydrogen-bond donors (Lipinski definition) is 3. The Bertz CT molecular complexity index is 1300. The molecule has 0 aromatic heterocycles. The third-order valence-electron chi connectivity index (χ3n) is 6.33. The summed E-state index contributed by atoms with van der Waals surface area (Å²) in [6.45, 7) is -3.44. The van der Waals surface area contributed by atoms with Crippen molar-refractivity contribution in [3.8, 4) is 0 Å². The Morgan fingerprint density at radius 1 is 0.553 bits per heavy atom. The van der Waals surface area contributed by atoms with Gasteiger partial charge in [0.1, 0.15) is 6.54 Å². The van der Waals surface area contributed by atoms with Gasteiger partial charge in [0.25, 0.3) is 20.1 Å². The van der Waals surface area contributed by atoms with Crippen LogP contribution in [0.1, 0.15) is 12.8 Å². The molecule has 0 heterocycles. The number of alkyl halides is 19. The normalized spacial score (nSPS) is 17.1. The molecule has 0 radical (unpaired) electrons. The number of rotatable bonds is 19. The van der Waals surface area contributed by atoms with E-state index in [1.165, 1.54) is 7.05 Å². The number of aliphatic hydroxyl groups is 1. The fraction of sp³-hybridized carbons (Fsp3) is 1.00.